The molecule has 0 unspecified atom stereocenters. The summed E-state index contributed by atoms with van der Waals surface area (Å²) in [5, 5.41) is 4.00. The Morgan fingerprint density at radius 2 is 2.40 bits per heavy atom. The second-order valence-electron chi connectivity index (χ2n) is 1.90. The summed E-state index contributed by atoms with van der Waals surface area (Å²) in [6, 6.07) is 2.00. The van der Waals surface area contributed by atoms with E-state index < -0.39 is 0 Å². The monoisotopic (exact) mass is 245 g/mol. The largest absolute Gasteiger partial charge is 0.241 e. The van der Waals surface area contributed by atoms with Crippen molar-refractivity contribution in [1.82, 2.24) is 14.6 Å². The molecule has 0 aromatic carbocycles. The third-order valence-corrected chi connectivity index (χ3v) is 2.21. The van der Waals surface area contributed by atoms with Gasteiger partial charge in [-0.25, -0.2) is 9.50 Å². The summed E-state index contributed by atoms with van der Waals surface area (Å²) < 4.78 is 2.98. The molecule has 0 N–H and O–H groups in total. The van der Waals surface area contributed by atoms with Gasteiger partial charge in [0.05, 0.1) is 11.7 Å². The topological polar surface area (TPSA) is 30.2 Å². The average Bonchev–Trinajstić information content (AvgIpc) is 2.34. The van der Waals surface area contributed by atoms with E-state index in [0.717, 1.165) is 5.52 Å². The van der Waals surface area contributed by atoms with Crippen molar-refractivity contribution in [3.05, 3.63) is 28.4 Å². The number of hydrogen-bond acceptors (Lipinski definition) is 2. The average molecular weight is 245 g/mol. The van der Waals surface area contributed by atoms with Gasteiger partial charge in [-0.15, -0.1) is 0 Å². The first-order chi connectivity index (χ1) is 4.88. The molecule has 50 valence electrons. The van der Waals surface area contributed by atoms with E-state index in [9.17, 15) is 0 Å². The quantitative estimate of drug-likeness (QED) is 0.655. The van der Waals surface area contributed by atoms with Crippen molar-refractivity contribution in [1.29, 1.82) is 0 Å². The summed E-state index contributed by atoms with van der Waals surface area (Å²) >= 11 is 2.25. The maximum Gasteiger partial charge on any atom is 0.136 e. The first-order valence-corrected chi connectivity index (χ1v) is 3.88. The Morgan fingerprint density at radius 3 is 3.20 bits per heavy atom. The lowest BCUT2D eigenvalue weighted by Gasteiger charge is -1.88. The number of fused-ring (bicyclic) bond motifs is 1. The summed E-state index contributed by atoms with van der Waals surface area (Å²) in [6.45, 7) is 0. The van der Waals surface area contributed by atoms with Crippen LogP contribution in [0.25, 0.3) is 5.52 Å². The number of rotatable bonds is 0. The van der Waals surface area contributed by atoms with Crippen LogP contribution in [0.15, 0.2) is 24.8 Å². The molecule has 0 bridgehead atoms. The predicted octanol–water partition coefficient (Wildman–Crippen LogP) is 1.33. The van der Waals surface area contributed by atoms with Gasteiger partial charge in [-0.3, -0.25) is 0 Å². The Kier molecular flexibility index (Phi) is 1.33. The van der Waals surface area contributed by atoms with E-state index in [1.54, 1.807) is 10.7 Å². The van der Waals surface area contributed by atoms with Gasteiger partial charge in [-0.05, 0) is 28.7 Å². The molecule has 0 aliphatic rings. The summed E-state index contributed by atoms with van der Waals surface area (Å²) in [5.74, 6) is 0. The molecule has 0 aliphatic heterocycles. The van der Waals surface area contributed by atoms with E-state index in [1.807, 2.05) is 12.3 Å². The van der Waals surface area contributed by atoms with Crippen LogP contribution in [0, 0.1) is 3.57 Å². The maximum absolute atomic E-state index is 4.00. The lowest BCUT2D eigenvalue weighted by molar-refractivity contribution is 0.902. The number of halogens is 1. The number of hydrogen-bond donors (Lipinski definition) is 0. The zero-order valence-corrected chi connectivity index (χ0v) is 7.19. The Labute approximate surface area is 71.2 Å². The summed E-state index contributed by atoms with van der Waals surface area (Å²) in [4.78, 5) is 3.91. The van der Waals surface area contributed by atoms with Crippen molar-refractivity contribution in [2.45, 2.75) is 0 Å². The summed E-state index contributed by atoms with van der Waals surface area (Å²) in [6.07, 6.45) is 5.25. The zero-order valence-electron chi connectivity index (χ0n) is 5.03. The SMILES string of the molecule is Ic1ccn2ncncc12. The Morgan fingerprint density at radius 1 is 1.50 bits per heavy atom. The highest BCUT2D eigenvalue weighted by Crippen LogP contribution is 2.11. The van der Waals surface area contributed by atoms with Gasteiger partial charge in [-0.1, -0.05) is 0 Å². The fourth-order valence-corrected chi connectivity index (χ4v) is 1.37. The highest BCUT2D eigenvalue weighted by atomic mass is 127. The lowest BCUT2D eigenvalue weighted by Crippen LogP contribution is -1.88. The molecule has 0 radical (unpaired) electrons. The van der Waals surface area contributed by atoms with Crippen LogP contribution in [0.4, 0.5) is 0 Å². The van der Waals surface area contributed by atoms with Crippen molar-refractivity contribution in [3.8, 4) is 0 Å². The molecule has 0 saturated carbocycles. The van der Waals surface area contributed by atoms with Crippen LogP contribution in [-0.2, 0) is 0 Å². The first kappa shape index (κ1) is 6.09. The van der Waals surface area contributed by atoms with Gasteiger partial charge in [0, 0.05) is 9.77 Å². The van der Waals surface area contributed by atoms with Crippen LogP contribution < -0.4 is 0 Å². The molecule has 3 nitrogen and oxygen atoms in total. The molecule has 0 saturated heterocycles. The van der Waals surface area contributed by atoms with Crippen LogP contribution in [0.1, 0.15) is 0 Å². The minimum absolute atomic E-state index is 1.06. The van der Waals surface area contributed by atoms with Gasteiger partial charge in [-0.2, -0.15) is 5.10 Å². The van der Waals surface area contributed by atoms with Gasteiger partial charge in [0.1, 0.15) is 6.33 Å². The molecule has 10 heavy (non-hydrogen) atoms. The summed E-state index contributed by atoms with van der Waals surface area (Å²) in [5.41, 5.74) is 1.06. The molecular formula is C6H4IN3. The Hall–Kier alpha value is -0.650. The van der Waals surface area contributed by atoms with E-state index in [4.69, 9.17) is 0 Å². The smallest absolute Gasteiger partial charge is 0.136 e. The van der Waals surface area contributed by atoms with Crippen LogP contribution >= 0.6 is 22.6 Å². The predicted molar refractivity (Wildman–Crippen MR) is 45.7 cm³/mol. The van der Waals surface area contributed by atoms with Crippen LogP contribution in [-0.4, -0.2) is 14.6 Å². The van der Waals surface area contributed by atoms with Crippen molar-refractivity contribution in [2.75, 3.05) is 0 Å². The van der Waals surface area contributed by atoms with Crippen LogP contribution in [0.3, 0.4) is 0 Å². The molecule has 0 atom stereocenters. The van der Waals surface area contributed by atoms with Crippen molar-refractivity contribution < 1.29 is 0 Å². The first-order valence-electron chi connectivity index (χ1n) is 2.81. The van der Waals surface area contributed by atoms with E-state index in [0.29, 0.717) is 0 Å². The molecule has 2 aromatic rings. The lowest BCUT2D eigenvalue weighted by atomic mass is 10.5. The molecule has 0 spiro atoms. The Balaban J connectivity index is 2.93. The molecule has 2 aromatic heterocycles. The fraction of sp³-hybridized carbons (Fsp3) is 0. The number of aromatic nitrogens is 3. The molecule has 0 fully saturated rings. The molecule has 2 heterocycles. The third kappa shape index (κ3) is 0.792. The third-order valence-electron chi connectivity index (χ3n) is 1.29. The van der Waals surface area contributed by atoms with Crippen molar-refractivity contribution >= 4 is 28.1 Å². The van der Waals surface area contributed by atoms with Gasteiger partial charge < -0.3 is 0 Å². The molecule has 0 aliphatic carbocycles. The van der Waals surface area contributed by atoms with Gasteiger partial charge in [0.25, 0.3) is 0 Å². The minimum atomic E-state index is 1.06. The van der Waals surface area contributed by atoms with Crippen LogP contribution in [0.5, 0.6) is 0 Å². The zero-order chi connectivity index (χ0) is 6.97. The number of nitrogens with zero attached hydrogens (tertiary/aromatic N) is 3. The van der Waals surface area contributed by atoms with E-state index in [2.05, 4.69) is 32.7 Å². The van der Waals surface area contributed by atoms with Crippen molar-refractivity contribution in [3.63, 3.8) is 0 Å². The van der Waals surface area contributed by atoms with Crippen molar-refractivity contribution in [2.24, 2.45) is 0 Å². The van der Waals surface area contributed by atoms with Gasteiger partial charge >= 0.3 is 0 Å². The van der Waals surface area contributed by atoms with Crippen LogP contribution in [0.2, 0.25) is 0 Å². The summed E-state index contributed by atoms with van der Waals surface area (Å²) in [7, 11) is 0. The standard InChI is InChI=1S/C6H4IN3/c7-5-1-2-10-6(5)3-8-4-9-10/h1-4H. The van der Waals surface area contributed by atoms with E-state index in [1.165, 1.54) is 9.90 Å². The second-order valence-corrected chi connectivity index (χ2v) is 3.06. The fourth-order valence-electron chi connectivity index (χ4n) is 0.822. The Bertz CT molecular complexity index is 355. The highest BCUT2D eigenvalue weighted by Gasteiger charge is 1.96. The van der Waals surface area contributed by atoms with E-state index >= 15 is 0 Å². The maximum atomic E-state index is 4.00. The molecule has 2 rings (SSSR count). The normalized spacial score (nSPS) is 10.5. The highest BCUT2D eigenvalue weighted by molar-refractivity contribution is 14.1. The van der Waals surface area contributed by atoms with Gasteiger partial charge in [0.2, 0.25) is 0 Å². The molecule has 4 heteroatoms. The molecular weight excluding hydrogens is 241 g/mol. The van der Waals surface area contributed by atoms with E-state index in [-0.39, 0.29) is 0 Å². The second kappa shape index (κ2) is 2.19. The van der Waals surface area contributed by atoms with Gasteiger partial charge in [0.15, 0.2) is 0 Å². The molecule has 0 amide bonds. The minimum Gasteiger partial charge on any atom is -0.241 e.